The van der Waals surface area contributed by atoms with Crippen molar-refractivity contribution in [2.24, 2.45) is 17.8 Å². The fourth-order valence-corrected chi connectivity index (χ4v) is 4.72. The molecule has 30 heavy (non-hydrogen) atoms. The van der Waals surface area contributed by atoms with Crippen molar-refractivity contribution in [2.45, 2.75) is 56.8 Å². The minimum absolute atomic E-state index is 0.00985. The van der Waals surface area contributed by atoms with Crippen molar-refractivity contribution in [1.29, 1.82) is 0 Å². The van der Waals surface area contributed by atoms with Crippen LogP contribution in [-0.2, 0) is 9.53 Å². The standard InChI is InChI=1S/C23H31ClO6/c24-19-5-1-2-6-21(19)30-14-16(25)9-11-17-18-10-8-15(4-3-7-23(27)28)13-29-22(18)12-20(17)26/h1-2,5-6,9,11,15-18,20,22,25-26H,3-4,7-8,10,12-14H2,(H,27,28)/t15-,16+,17+,18+,20+,22-/m0/s1. The molecule has 1 heterocycles. The number of carbonyl (C=O) groups is 1. The summed E-state index contributed by atoms with van der Waals surface area (Å²) in [6.45, 7) is 0.706. The molecule has 0 aromatic heterocycles. The van der Waals surface area contributed by atoms with E-state index in [0.29, 0.717) is 36.1 Å². The Morgan fingerprint density at radius 1 is 1.33 bits per heavy atom. The molecule has 0 spiro atoms. The maximum atomic E-state index is 10.7. The van der Waals surface area contributed by atoms with E-state index in [4.69, 9.17) is 26.2 Å². The molecule has 6 atom stereocenters. The molecule has 3 rings (SSSR count). The Labute approximate surface area is 182 Å². The van der Waals surface area contributed by atoms with Gasteiger partial charge in [0, 0.05) is 25.4 Å². The first kappa shape index (κ1) is 23.1. The van der Waals surface area contributed by atoms with Gasteiger partial charge < -0.3 is 24.8 Å². The van der Waals surface area contributed by atoms with Gasteiger partial charge in [-0.3, -0.25) is 4.79 Å². The van der Waals surface area contributed by atoms with E-state index in [0.717, 1.165) is 19.3 Å². The van der Waals surface area contributed by atoms with Crippen LogP contribution in [0.2, 0.25) is 5.02 Å². The van der Waals surface area contributed by atoms with Crippen molar-refractivity contribution in [2.75, 3.05) is 13.2 Å². The number of benzene rings is 1. The molecule has 2 fully saturated rings. The number of aliphatic hydroxyl groups excluding tert-OH is 2. The minimum atomic E-state index is -0.803. The van der Waals surface area contributed by atoms with E-state index in [1.54, 1.807) is 18.2 Å². The number of carboxylic acids is 1. The lowest BCUT2D eigenvalue weighted by molar-refractivity contribution is -0.137. The highest BCUT2D eigenvalue weighted by molar-refractivity contribution is 6.32. The molecule has 2 aliphatic rings. The van der Waals surface area contributed by atoms with Crippen LogP contribution < -0.4 is 4.74 Å². The molecule has 0 radical (unpaired) electrons. The van der Waals surface area contributed by atoms with Crippen LogP contribution >= 0.6 is 11.6 Å². The van der Waals surface area contributed by atoms with Gasteiger partial charge in [0.25, 0.3) is 0 Å². The Kier molecular flexibility index (Phi) is 8.57. The first-order chi connectivity index (χ1) is 14.4. The monoisotopic (exact) mass is 438 g/mol. The molecular weight excluding hydrogens is 408 g/mol. The third-order valence-electron chi connectivity index (χ3n) is 6.15. The van der Waals surface area contributed by atoms with Gasteiger partial charge in [-0.25, -0.2) is 0 Å². The predicted octanol–water partition coefficient (Wildman–Crippen LogP) is 3.68. The number of halogens is 1. The van der Waals surface area contributed by atoms with Crippen molar-refractivity contribution in [1.82, 2.24) is 0 Å². The van der Waals surface area contributed by atoms with Crippen LogP contribution in [0.1, 0.15) is 38.5 Å². The van der Waals surface area contributed by atoms with Gasteiger partial charge in [0.15, 0.2) is 0 Å². The molecule has 1 aromatic carbocycles. The molecule has 3 N–H and O–H groups in total. The summed E-state index contributed by atoms with van der Waals surface area (Å²) in [7, 11) is 0. The zero-order valence-electron chi connectivity index (χ0n) is 17.0. The highest BCUT2D eigenvalue weighted by Crippen LogP contribution is 2.42. The second-order valence-corrected chi connectivity index (χ2v) is 8.75. The fourth-order valence-electron chi connectivity index (χ4n) is 4.53. The first-order valence-corrected chi connectivity index (χ1v) is 11.1. The molecule has 6 nitrogen and oxygen atoms in total. The zero-order chi connectivity index (χ0) is 21.5. The lowest BCUT2D eigenvalue weighted by Gasteiger charge is -2.21. The van der Waals surface area contributed by atoms with Gasteiger partial charge in [-0.2, -0.15) is 0 Å². The SMILES string of the molecule is O=C(O)CCC[C@H]1CC[C@@H]2[C@@H](C=C[C@@H](O)COc3ccccc3Cl)[C@H](O)C[C@@H]2OC1. The number of rotatable bonds is 9. The molecule has 1 aromatic rings. The van der Waals surface area contributed by atoms with E-state index in [1.165, 1.54) is 0 Å². The lowest BCUT2D eigenvalue weighted by atomic mass is 9.86. The summed E-state index contributed by atoms with van der Waals surface area (Å²) < 4.78 is 11.7. The maximum absolute atomic E-state index is 10.7. The molecule has 1 saturated carbocycles. The van der Waals surface area contributed by atoms with Crippen molar-refractivity contribution < 1.29 is 29.6 Å². The molecule has 0 bridgehead atoms. The van der Waals surface area contributed by atoms with E-state index in [9.17, 15) is 15.0 Å². The first-order valence-electron chi connectivity index (χ1n) is 10.7. The van der Waals surface area contributed by atoms with E-state index in [-0.39, 0.29) is 31.0 Å². The molecule has 166 valence electrons. The summed E-state index contributed by atoms with van der Waals surface area (Å²) in [5.41, 5.74) is 0. The Morgan fingerprint density at radius 2 is 2.13 bits per heavy atom. The summed E-state index contributed by atoms with van der Waals surface area (Å²) in [6.07, 6.45) is 6.50. The average Bonchev–Trinajstić information content (AvgIpc) is 2.87. The van der Waals surface area contributed by atoms with Crippen LogP contribution in [0.5, 0.6) is 5.75 Å². The number of aliphatic hydroxyl groups is 2. The fraction of sp³-hybridized carbons (Fsp3) is 0.609. The molecule has 1 saturated heterocycles. The smallest absolute Gasteiger partial charge is 0.303 e. The van der Waals surface area contributed by atoms with Crippen molar-refractivity contribution in [3.63, 3.8) is 0 Å². The Hall–Kier alpha value is -1.60. The maximum Gasteiger partial charge on any atom is 0.303 e. The van der Waals surface area contributed by atoms with E-state index in [1.807, 2.05) is 18.2 Å². The highest BCUT2D eigenvalue weighted by atomic mass is 35.5. The van der Waals surface area contributed by atoms with Crippen LogP contribution in [0.15, 0.2) is 36.4 Å². The van der Waals surface area contributed by atoms with E-state index in [2.05, 4.69) is 0 Å². The van der Waals surface area contributed by atoms with Crippen LogP contribution in [0.25, 0.3) is 0 Å². The van der Waals surface area contributed by atoms with Crippen molar-refractivity contribution in [3.8, 4) is 5.75 Å². The third-order valence-corrected chi connectivity index (χ3v) is 6.46. The normalized spacial score (nSPS) is 30.0. The molecule has 1 aliphatic carbocycles. The van der Waals surface area contributed by atoms with Crippen LogP contribution in [0.4, 0.5) is 0 Å². The molecular formula is C23H31ClO6. The number of carboxylic acid groups (broad SMARTS) is 1. The van der Waals surface area contributed by atoms with Crippen LogP contribution in [-0.4, -0.2) is 52.8 Å². The molecule has 7 heteroatoms. The highest BCUT2D eigenvalue weighted by Gasteiger charge is 2.43. The van der Waals surface area contributed by atoms with Gasteiger partial charge in [0.2, 0.25) is 0 Å². The summed E-state index contributed by atoms with van der Waals surface area (Å²) >= 11 is 6.06. The second kappa shape index (κ2) is 11.1. The average molecular weight is 439 g/mol. The summed E-state index contributed by atoms with van der Waals surface area (Å²) in [5, 5.41) is 30.1. The van der Waals surface area contributed by atoms with Gasteiger partial charge in [-0.15, -0.1) is 0 Å². The quantitative estimate of drug-likeness (QED) is 0.509. The summed E-state index contributed by atoms with van der Waals surface area (Å²) in [6, 6.07) is 7.11. The number of hydrogen-bond acceptors (Lipinski definition) is 5. The number of ether oxygens (including phenoxy) is 2. The summed E-state index contributed by atoms with van der Waals surface area (Å²) in [4.78, 5) is 10.7. The Bertz CT molecular complexity index is 723. The minimum Gasteiger partial charge on any atom is -0.489 e. The van der Waals surface area contributed by atoms with Gasteiger partial charge in [0.05, 0.1) is 17.2 Å². The van der Waals surface area contributed by atoms with Gasteiger partial charge in [-0.1, -0.05) is 35.9 Å². The predicted molar refractivity (Wildman–Crippen MR) is 114 cm³/mol. The third kappa shape index (κ3) is 6.45. The van der Waals surface area contributed by atoms with E-state index >= 15 is 0 Å². The Morgan fingerprint density at radius 3 is 2.90 bits per heavy atom. The van der Waals surface area contributed by atoms with Gasteiger partial charge in [0.1, 0.15) is 18.5 Å². The topological polar surface area (TPSA) is 96.2 Å². The Balaban J connectivity index is 1.50. The number of hydrogen-bond donors (Lipinski definition) is 3. The second-order valence-electron chi connectivity index (χ2n) is 8.34. The van der Waals surface area contributed by atoms with Crippen molar-refractivity contribution in [3.05, 3.63) is 41.4 Å². The van der Waals surface area contributed by atoms with Crippen LogP contribution in [0, 0.1) is 17.8 Å². The van der Waals surface area contributed by atoms with Gasteiger partial charge in [-0.05, 0) is 49.7 Å². The van der Waals surface area contributed by atoms with E-state index < -0.39 is 18.2 Å². The molecule has 0 unspecified atom stereocenters. The number of fused-ring (bicyclic) bond motifs is 1. The molecule has 0 amide bonds. The van der Waals surface area contributed by atoms with Gasteiger partial charge >= 0.3 is 5.97 Å². The van der Waals surface area contributed by atoms with Crippen LogP contribution in [0.3, 0.4) is 0 Å². The number of aliphatic carboxylic acids is 1. The lowest BCUT2D eigenvalue weighted by Crippen LogP contribution is -2.22. The summed E-state index contributed by atoms with van der Waals surface area (Å²) in [5.74, 6) is 0.275. The largest absolute Gasteiger partial charge is 0.489 e. The zero-order valence-corrected chi connectivity index (χ0v) is 17.8. The number of para-hydroxylation sites is 1. The molecule has 1 aliphatic heterocycles. The van der Waals surface area contributed by atoms with Crippen molar-refractivity contribution >= 4 is 17.6 Å².